The Kier molecular flexibility index (Phi) is 9.51. The molecule has 1 fully saturated rings. The highest BCUT2D eigenvalue weighted by molar-refractivity contribution is 7.99. The number of H-pyrrole nitrogens is 1. The van der Waals surface area contributed by atoms with Gasteiger partial charge in [-0.15, -0.1) is 11.8 Å². The highest BCUT2D eigenvalue weighted by atomic mass is 35.5. The first kappa shape index (κ1) is 29.7. The summed E-state index contributed by atoms with van der Waals surface area (Å²) in [6.07, 6.45) is -5.38. The molecule has 2 aromatic carbocycles. The Balaban J connectivity index is 1.58. The highest BCUT2D eigenvalue weighted by Gasteiger charge is 2.31. The van der Waals surface area contributed by atoms with Crippen LogP contribution in [0.3, 0.4) is 0 Å². The average Bonchev–Trinajstić information content (AvgIpc) is 2.87. The molecule has 0 radical (unpaired) electrons. The van der Waals surface area contributed by atoms with E-state index in [1.54, 1.807) is 0 Å². The number of rotatable bonds is 9. The first-order valence-electron chi connectivity index (χ1n) is 12.6. The number of fused-ring (bicyclic) bond motifs is 1. The number of aliphatic hydroxyl groups is 1. The molecule has 1 atom stereocenters. The third-order valence-electron chi connectivity index (χ3n) is 6.74. The van der Waals surface area contributed by atoms with Crippen LogP contribution in [0, 0.1) is 0 Å². The molecular weight excluding hydrogens is 553 g/mol. The molecule has 0 amide bonds. The van der Waals surface area contributed by atoms with Crippen LogP contribution >= 0.6 is 23.4 Å². The molecule has 1 aliphatic heterocycles. The minimum Gasteiger partial charge on any atom is -0.507 e. The lowest BCUT2D eigenvalue weighted by Crippen LogP contribution is -2.50. The number of aromatic hydroxyl groups is 1. The fraction of sp³-hybridized carbons (Fsp3) is 0.444. The largest absolute Gasteiger partial charge is 0.507 e. The molecule has 12 heteroatoms. The normalized spacial score (nSPS) is 16.3. The molecule has 0 bridgehead atoms. The van der Waals surface area contributed by atoms with E-state index in [1.807, 2.05) is 14.1 Å². The lowest BCUT2D eigenvalue weighted by molar-refractivity contribution is -0.137. The van der Waals surface area contributed by atoms with Gasteiger partial charge in [0.2, 0.25) is 0 Å². The topological polar surface area (TPSA) is 83.0 Å². The zero-order valence-electron chi connectivity index (χ0n) is 21.8. The maximum absolute atomic E-state index is 13.6. The van der Waals surface area contributed by atoms with E-state index in [2.05, 4.69) is 19.7 Å². The van der Waals surface area contributed by atoms with E-state index in [0.29, 0.717) is 6.54 Å². The van der Waals surface area contributed by atoms with Crippen LogP contribution in [-0.4, -0.2) is 102 Å². The molecule has 3 N–H and O–H groups in total. The first-order valence-corrected chi connectivity index (χ1v) is 13.9. The van der Waals surface area contributed by atoms with Crippen LogP contribution in [0.5, 0.6) is 5.75 Å². The second kappa shape index (κ2) is 12.5. The summed E-state index contributed by atoms with van der Waals surface area (Å²) in [4.78, 5) is 22.6. The molecule has 39 heavy (non-hydrogen) atoms. The number of likely N-dealkylation sites (N-methyl/N-ethyl adjacent to an activating group) is 1. The van der Waals surface area contributed by atoms with Crippen molar-refractivity contribution in [1.29, 1.82) is 0 Å². The summed E-state index contributed by atoms with van der Waals surface area (Å²) in [5.74, 6) is -0.0823. The number of nitrogens with one attached hydrogen (secondary N) is 1. The number of benzene rings is 2. The fourth-order valence-corrected chi connectivity index (χ4v) is 5.82. The summed E-state index contributed by atoms with van der Waals surface area (Å²) < 4.78 is 40.7. The standard InChI is InChI=1S/C27H32ClF3N4O3S/c1-33(2)7-8-34-9-11-35(12-10-34)15-19(36)16-39-25-24(21-14-18(28)4-6-23(21)37)20-13-17(27(29,30)31)3-5-22(20)32-26(25)38/h3-6,13-14,19,36-37H,7-12,15-16H2,1-2H3,(H,32,38). The number of hydrogen-bond donors (Lipinski definition) is 3. The Hall–Kier alpha value is -2.28. The number of phenols is 1. The van der Waals surface area contributed by atoms with E-state index >= 15 is 0 Å². The van der Waals surface area contributed by atoms with E-state index in [-0.39, 0.29) is 43.5 Å². The van der Waals surface area contributed by atoms with Crippen LogP contribution in [0.15, 0.2) is 46.1 Å². The van der Waals surface area contributed by atoms with Crippen LogP contribution in [-0.2, 0) is 6.18 Å². The van der Waals surface area contributed by atoms with Gasteiger partial charge in [0, 0.05) is 78.6 Å². The summed E-state index contributed by atoms with van der Waals surface area (Å²) in [6, 6.07) is 7.26. The van der Waals surface area contributed by atoms with Crippen molar-refractivity contribution in [3.8, 4) is 16.9 Å². The van der Waals surface area contributed by atoms with Crippen LogP contribution < -0.4 is 5.56 Å². The molecule has 2 heterocycles. The second-order valence-electron chi connectivity index (χ2n) is 9.99. The molecule has 7 nitrogen and oxygen atoms in total. The zero-order valence-corrected chi connectivity index (χ0v) is 23.3. The quantitative estimate of drug-likeness (QED) is 0.325. The van der Waals surface area contributed by atoms with E-state index in [1.165, 1.54) is 24.3 Å². The summed E-state index contributed by atoms with van der Waals surface area (Å²) in [5.41, 5.74) is -0.927. The van der Waals surface area contributed by atoms with Gasteiger partial charge in [-0.05, 0) is 50.5 Å². The second-order valence-corrected chi connectivity index (χ2v) is 11.5. The van der Waals surface area contributed by atoms with Crippen LogP contribution in [0.2, 0.25) is 5.02 Å². The van der Waals surface area contributed by atoms with Crippen LogP contribution in [0.25, 0.3) is 22.0 Å². The summed E-state index contributed by atoms with van der Waals surface area (Å²) in [5, 5.41) is 21.8. The van der Waals surface area contributed by atoms with Gasteiger partial charge in [-0.2, -0.15) is 13.2 Å². The maximum atomic E-state index is 13.6. The number of halogens is 4. The Morgan fingerprint density at radius 1 is 1.10 bits per heavy atom. The smallest absolute Gasteiger partial charge is 0.416 e. The minimum absolute atomic E-state index is 0.104. The van der Waals surface area contributed by atoms with Crippen molar-refractivity contribution < 1.29 is 23.4 Å². The van der Waals surface area contributed by atoms with Gasteiger partial charge in [-0.25, -0.2) is 0 Å². The molecule has 212 valence electrons. The molecule has 0 spiro atoms. The number of piperazine rings is 1. The van der Waals surface area contributed by atoms with Gasteiger partial charge < -0.3 is 20.1 Å². The van der Waals surface area contributed by atoms with E-state index in [0.717, 1.165) is 63.2 Å². The van der Waals surface area contributed by atoms with Crippen molar-refractivity contribution in [2.45, 2.75) is 17.2 Å². The number of hydrogen-bond acceptors (Lipinski definition) is 7. The van der Waals surface area contributed by atoms with Gasteiger partial charge in [0.15, 0.2) is 0 Å². The molecule has 0 aliphatic carbocycles. The van der Waals surface area contributed by atoms with Gasteiger partial charge in [0.25, 0.3) is 5.56 Å². The van der Waals surface area contributed by atoms with E-state index < -0.39 is 23.4 Å². The number of alkyl halides is 3. The number of nitrogens with zero attached hydrogens (tertiary/aromatic N) is 3. The molecule has 1 saturated heterocycles. The maximum Gasteiger partial charge on any atom is 0.416 e. The Morgan fingerprint density at radius 3 is 2.46 bits per heavy atom. The van der Waals surface area contributed by atoms with Crippen LogP contribution in [0.4, 0.5) is 13.2 Å². The van der Waals surface area contributed by atoms with Crippen molar-refractivity contribution in [1.82, 2.24) is 19.7 Å². The van der Waals surface area contributed by atoms with Crippen molar-refractivity contribution in [2.24, 2.45) is 0 Å². The Morgan fingerprint density at radius 2 is 1.79 bits per heavy atom. The number of phenolic OH excluding ortho intramolecular Hbond substituents is 1. The minimum atomic E-state index is -4.60. The highest BCUT2D eigenvalue weighted by Crippen LogP contribution is 2.42. The predicted octanol–water partition coefficient (Wildman–Crippen LogP) is 4.21. The molecule has 1 aliphatic rings. The molecule has 1 aromatic heterocycles. The molecule has 3 aromatic rings. The molecule has 4 rings (SSSR count). The van der Waals surface area contributed by atoms with Gasteiger partial charge in [0.05, 0.1) is 16.6 Å². The van der Waals surface area contributed by atoms with Crippen molar-refractivity contribution in [2.75, 3.05) is 65.7 Å². The molecular formula is C27H32ClF3N4O3S. The van der Waals surface area contributed by atoms with Crippen molar-refractivity contribution in [3.63, 3.8) is 0 Å². The predicted molar refractivity (Wildman–Crippen MR) is 150 cm³/mol. The third kappa shape index (κ3) is 7.47. The summed E-state index contributed by atoms with van der Waals surface area (Å²) >= 11 is 7.21. The van der Waals surface area contributed by atoms with Gasteiger partial charge >= 0.3 is 6.18 Å². The first-order chi connectivity index (χ1) is 18.4. The van der Waals surface area contributed by atoms with Crippen LogP contribution in [0.1, 0.15) is 5.56 Å². The lowest BCUT2D eigenvalue weighted by atomic mass is 9.98. The average molecular weight is 585 g/mol. The number of pyridine rings is 1. The van der Waals surface area contributed by atoms with Gasteiger partial charge in [-0.1, -0.05) is 11.6 Å². The van der Waals surface area contributed by atoms with E-state index in [9.17, 15) is 28.2 Å². The Labute approximate surface area is 234 Å². The number of aliphatic hydroxyl groups excluding tert-OH is 1. The van der Waals surface area contributed by atoms with Gasteiger partial charge in [0.1, 0.15) is 5.75 Å². The van der Waals surface area contributed by atoms with Crippen molar-refractivity contribution in [3.05, 3.63) is 57.3 Å². The van der Waals surface area contributed by atoms with E-state index in [4.69, 9.17) is 11.6 Å². The summed E-state index contributed by atoms with van der Waals surface area (Å²) in [6.45, 7) is 5.81. The third-order valence-corrected chi connectivity index (χ3v) is 8.21. The fourth-order valence-electron chi connectivity index (χ4n) is 4.63. The SMILES string of the molecule is CN(C)CCN1CCN(CC(O)CSc2c(-c3cc(Cl)ccc3O)c3cc(C(F)(F)F)ccc3[nH]c2=O)CC1. The summed E-state index contributed by atoms with van der Waals surface area (Å²) in [7, 11) is 4.08. The van der Waals surface area contributed by atoms with Gasteiger partial charge in [-0.3, -0.25) is 14.6 Å². The Bertz CT molecular complexity index is 1360. The lowest BCUT2D eigenvalue weighted by Gasteiger charge is -2.36. The number of aromatic nitrogens is 1. The number of β-amino-alcohol motifs (C(OH)–C–C–N with tert-alkyl or cyclic N) is 1. The number of thioether (sulfide) groups is 1. The zero-order chi connectivity index (χ0) is 28.3. The number of aromatic amines is 1. The van der Waals surface area contributed by atoms with Crippen molar-refractivity contribution >= 4 is 34.3 Å². The monoisotopic (exact) mass is 584 g/mol. The molecule has 1 unspecified atom stereocenters. The molecule has 0 saturated carbocycles.